The van der Waals surface area contributed by atoms with Gasteiger partial charge in [0.05, 0.1) is 26.8 Å². The zero-order valence-electron chi connectivity index (χ0n) is 18.7. The Hall–Kier alpha value is -3.32. The van der Waals surface area contributed by atoms with Crippen molar-refractivity contribution in [3.05, 3.63) is 139 Å². The van der Waals surface area contributed by atoms with Crippen LogP contribution >= 0.6 is 7.26 Å². The highest BCUT2D eigenvalue weighted by molar-refractivity contribution is 7.95. The van der Waals surface area contributed by atoms with Gasteiger partial charge in [-0.3, -0.25) is 0 Å². The maximum Gasteiger partial charge on any atom is 0.116 e. The van der Waals surface area contributed by atoms with E-state index in [9.17, 15) is 4.21 Å². The maximum absolute atomic E-state index is 13.1. The van der Waals surface area contributed by atoms with Gasteiger partial charge in [0.2, 0.25) is 0 Å². The van der Waals surface area contributed by atoms with Crippen LogP contribution in [0, 0.1) is 0 Å². The van der Waals surface area contributed by atoms with Crippen molar-refractivity contribution in [2.75, 3.05) is 0 Å². The van der Waals surface area contributed by atoms with Crippen molar-refractivity contribution in [2.24, 2.45) is 0 Å². The van der Waals surface area contributed by atoms with Gasteiger partial charge in [0.1, 0.15) is 23.2 Å². The first-order chi connectivity index (χ1) is 16.8. The van der Waals surface area contributed by atoms with Crippen molar-refractivity contribution < 1.29 is 4.21 Å². The molecule has 34 heavy (non-hydrogen) atoms. The molecule has 0 N–H and O–H groups in total. The molecule has 0 aliphatic carbocycles. The molecule has 1 nitrogen and oxygen atoms in total. The summed E-state index contributed by atoms with van der Waals surface area (Å²) in [7, 11) is -3.08. The van der Waals surface area contributed by atoms with Crippen LogP contribution in [0.2, 0.25) is 0 Å². The van der Waals surface area contributed by atoms with Crippen molar-refractivity contribution >= 4 is 34.0 Å². The summed E-state index contributed by atoms with van der Waals surface area (Å²) in [5.74, 6) is 0. The first-order valence-corrected chi connectivity index (χ1v) is 14.6. The molecule has 5 aromatic carbocycles. The van der Waals surface area contributed by atoms with Crippen LogP contribution in [0.3, 0.4) is 0 Å². The third kappa shape index (κ3) is 3.46. The number of rotatable bonds is 5. The van der Waals surface area contributed by atoms with E-state index >= 15 is 0 Å². The Morgan fingerprint density at radius 1 is 0.500 bits per heavy atom. The third-order valence-electron chi connectivity index (χ3n) is 6.63. The molecule has 0 saturated carbocycles. The highest BCUT2D eigenvalue weighted by Crippen LogP contribution is 2.58. The minimum atomic E-state index is -1.98. The largest absolute Gasteiger partial charge is 0.249 e. The second-order valence-corrected chi connectivity index (χ2v) is 13.5. The van der Waals surface area contributed by atoms with Crippen LogP contribution in [0.1, 0.15) is 5.56 Å². The standard InChI is InChI=1S/C31H24OPS/c32-34-30-19-11-10-18-28(30)29-22-24(20-21-31(29)34)23-33(25-12-4-1-5-13-25,26-14-6-2-7-15-26)27-16-8-3-9-17-27/h1-22H,23H2/q+1. The molecule has 164 valence electrons. The minimum absolute atomic E-state index is 0.910. The fourth-order valence-corrected chi connectivity index (χ4v) is 10.7. The summed E-state index contributed by atoms with van der Waals surface area (Å²) in [5.41, 5.74) is 3.48. The van der Waals surface area contributed by atoms with Gasteiger partial charge in [0, 0.05) is 0 Å². The van der Waals surface area contributed by atoms with E-state index in [2.05, 4.69) is 115 Å². The summed E-state index contributed by atoms with van der Waals surface area (Å²) >= 11 is 0. The summed E-state index contributed by atoms with van der Waals surface area (Å²) in [6, 6.07) is 47.5. The van der Waals surface area contributed by atoms with Crippen LogP contribution < -0.4 is 15.9 Å². The lowest BCUT2D eigenvalue weighted by molar-refractivity contribution is 0.685. The van der Waals surface area contributed by atoms with Crippen molar-refractivity contribution in [2.45, 2.75) is 16.0 Å². The molecule has 1 unspecified atom stereocenters. The first kappa shape index (κ1) is 21.2. The molecule has 0 aromatic heterocycles. The van der Waals surface area contributed by atoms with E-state index in [0.29, 0.717) is 0 Å². The van der Waals surface area contributed by atoms with Crippen LogP contribution in [0.25, 0.3) is 11.1 Å². The summed E-state index contributed by atoms with van der Waals surface area (Å²) in [6.07, 6.45) is 0.910. The van der Waals surface area contributed by atoms with E-state index in [1.165, 1.54) is 21.5 Å². The van der Waals surface area contributed by atoms with Crippen molar-refractivity contribution in [1.82, 2.24) is 0 Å². The lowest BCUT2D eigenvalue weighted by Gasteiger charge is -2.28. The van der Waals surface area contributed by atoms with Crippen LogP contribution in [0.5, 0.6) is 0 Å². The maximum atomic E-state index is 13.1. The van der Waals surface area contributed by atoms with Gasteiger partial charge in [-0.25, -0.2) is 4.21 Å². The molecular formula is C31H24OPS+. The minimum Gasteiger partial charge on any atom is -0.249 e. The monoisotopic (exact) mass is 475 g/mol. The Labute approximate surface area is 203 Å². The molecule has 1 aliphatic rings. The Balaban J connectivity index is 1.57. The highest BCUT2D eigenvalue weighted by Gasteiger charge is 2.45. The van der Waals surface area contributed by atoms with Gasteiger partial charge in [0.25, 0.3) is 0 Å². The first-order valence-electron chi connectivity index (χ1n) is 11.5. The van der Waals surface area contributed by atoms with Gasteiger partial charge in [-0.05, 0) is 71.3 Å². The molecule has 0 bridgehead atoms. The third-order valence-corrected chi connectivity index (χ3v) is 12.5. The zero-order chi connectivity index (χ0) is 23.0. The quantitative estimate of drug-likeness (QED) is 0.266. The molecule has 0 spiro atoms. The Morgan fingerprint density at radius 2 is 0.971 bits per heavy atom. The molecule has 3 heteroatoms. The van der Waals surface area contributed by atoms with Gasteiger partial charge in [-0.15, -0.1) is 0 Å². The summed E-state index contributed by atoms with van der Waals surface area (Å²) in [6.45, 7) is 0. The molecule has 0 saturated heterocycles. The lowest BCUT2D eigenvalue weighted by atomic mass is 10.0. The predicted molar refractivity (Wildman–Crippen MR) is 145 cm³/mol. The Morgan fingerprint density at radius 3 is 1.53 bits per heavy atom. The van der Waals surface area contributed by atoms with Crippen molar-refractivity contribution in [3.63, 3.8) is 0 Å². The van der Waals surface area contributed by atoms with Gasteiger partial charge < -0.3 is 0 Å². The Bertz CT molecular complexity index is 1380. The topological polar surface area (TPSA) is 17.1 Å². The van der Waals surface area contributed by atoms with Crippen LogP contribution in [0.15, 0.2) is 143 Å². The molecule has 1 aliphatic heterocycles. The normalized spacial score (nSPS) is 14.4. The smallest absolute Gasteiger partial charge is 0.116 e. The summed E-state index contributed by atoms with van der Waals surface area (Å²) < 4.78 is 13.1. The highest BCUT2D eigenvalue weighted by atomic mass is 32.2. The number of fused-ring (bicyclic) bond motifs is 3. The van der Waals surface area contributed by atoms with Gasteiger partial charge in [0.15, 0.2) is 0 Å². The number of hydrogen-bond acceptors (Lipinski definition) is 1. The second-order valence-electron chi connectivity index (χ2n) is 8.57. The van der Waals surface area contributed by atoms with E-state index in [0.717, 1.165) is 27.1 Å². The predicted octanol–water partition coefficient (Wildman–Crippen LogP) is 6.33. The summed E-state index contributed by atoms with van der Waals surface area (Å²) in [5, 5.41) is 4.12. The van der Waals surface area contributed by atoms with Gasteiger partial charge in [-0.1, -0.05) is 78.9 Å². The van der Waals surface area contributed by atoms with Gasteiger partial charge in [-0.2, -0.15) is 0 Å². The molecule has 6 rings (SSSR count). The molecule has 1 heterocycles. The zero-order valence-corrected chi connectivity index (χ0v) is 20.4. The van der Waals surface area contributed by atoms with Crippen molar-refractivity contribution in [1.29, 1.82) is 0 Å². The van der Waals surface area contributed by atoms with E-state index in [4.69, 9.17) is 0 Å². The lowest BCUT2D eigenvalue weighted by Crippen LogP contribution is -2.32. The van der Waals surface area contributed by atoms with Crippen LogP contribution in [-0.4, -0.2) is 4.21 Å². The number of benzene rings is 5. The van der Waals surface area contributed by atoms with Gasteiger partial charge >= 0.3 is 0 Å². The molecule has 0 fully saturated rings. The fourth-order valence-electron chi connectivity index (χ4n) is 5.06. The molecular weight excluding hydrogens is 451 g/mol. The fraction of sp³-hybridized carbons (Fsp3) is 0.0323. The SMILES string of the molecule is O=S1c2ccccc2-c2cc(C[P+](c3ccccc3)(c3ccccc3)c3ccccc3)ccc21. The molecule has 0 amide bonds. The van der Waals surface area contributed by atoms with E-state index in [-0.39, 0.29) is 0 Å². The Kier molecular flexibility index (Phi) is 5.49. The van der Waals surface area contributed by atoms with Crippen molar-refractivity contribution in [3.8, 4) is 11.1 Å². The van der Waals surface area contributed by atoms with E-state index in [1.54, 1.807) is 0 Å². The number of hydrogen-bond donors (Lipinski definition) is 0. The molecule has 5 aromatic rings. The van der Waals surface area contributed by atoms with E-state index in [1.807, 2.05) is 18.2 Å². The van der Waals surface area contributed by atoms with Crippen LogP contribution in [0.4, 0.5) is 0 Å². The summed E-state index contributed by atoms with van der Waals surface area (Å²) in [4.78, 5) is 1.85. The van der Waals surface area contributed by atoms with E-state index < -0.39 is 18.1 Å². The second kappa shape index (κ2) is 8.80. The average molecular weight is 476 g/mol. The average Bonchev–Trinajstić information content (AvgIpc) is 3.20. The molecule has 0 radical (unpaired) electrons. The van der Waals surface area contributed by atoms with Crippen LogP contribution in [-0.2, 0) is 17.0 Å². The molecule has 1 atom stereocenters.